The van der Waals surface area contributed by atoms with Crippen LogP contribution in [0.1, 0.15) is 42.9 Å². The molecule has 1 aliphatic carbocycles. The number of aromatic nitrogens is 3. The number of amides is 2. The zero-order chi connectivity index (χ0) is 26.5. The van der Waals surface area contributed by atoms with Crippen LogP contribution in [-0.4, -0.2) is 59.6 Å². The van der Waals surface area contributed by atoms with Gasteiger partial charge < -0.3 is 10.1 Å². The van der Waals surface area contributed by atoms with E-state index in [9.17, 15) is 9.59 Å². The molecule has 3 N–H and O–H groups in total. The number of rotatable bonds is 9. The summed E-state index contributed by atoms with van der Waals surface area (Å²) < 4.78 is 7.20. The quantitative estimate of drug-likeness (QED) is 0.300. The van der Waals surface area contributed by atoms with Gasteiger partial charge in [-0.2, -0.15) is 4.68 Å². The number of hydrogen-bond donors (Lipinski definition) is 3. The third-order valence-electron chi connectivity index (χ3n) is 7.11. The van der Waals surface area contributed by atoms with Crippen LogP contribution in [0.3, 0.4) is 0 Å². The second kappa shape index (κ2) is 11.7. The number of carbonyl (C=O) groups is 2. The van der Waals surface area contributed by atoms with E-state index in [1.807, 2.05) is 61.1 Å². The van der Waals surface area contributed by atoms with Gasteiger partial charge >= 0.3 is 11.7 Å². The number of nitrogens with one attached hydrogen (secondary N) is 3. The first kappa shape index (κ1) is 25.8. The number of pyridine rings is 1. The van der Waals surface area contributed by atoms with Crippen LogP contribution in [0.5, 0.6) is 0 Å². The summed E-state index contributed by atoms with van der Waals surface area (Å²) in [6.07, 6.45) is 7.56. The van der Waals surface area contributed by atoms with E-state index in [0.717, 1.165) is 55.4 Å². The van der Waals surface area contributed by atoms with Crippen molar-refractivity contribution in [2.24, 2.45) is 7.05 Å². The van der Waals surface area contributed by atoms with Gasteiger partial charge in [-0.05, 0) is 43.0 Å². The largest absolute Gasteiger partial charge is 0.379 e. The predicted molar refractivity (Wildman–Crippen MR) is 146 cm³/mol. The van der Waals surface area contributed by atoms with Crippen LogP contribution in [0, 0.1) is 0 Å². The van der Waals surface area contributed by atoms with Gasteiger partial charge in [-0.25, -0.2) is 20.2 Å². The summed E-state index contributed by atoms with van der Waals surface area (Å²) >= 11 is 0. The van der Waals surface area contributed by atoms with E-state index in [2.05, 4.69) is 25.6 Å². The zero-order valence-electron chi connectivity index (χ0n) is 21.9. The van der Waals surface area contributed by atoms with Crippen molar-refractivity contribution < 1.29 is 19.0 Å². The molecule has 5 rings (SSSR count). The van der Waals surface area contributed by atoms with Crippen LogP contribution in [0.2, 0.25) is 0 Å². The number of morpholine rings is 1. The second-order valence-corrected chi connectivity index (χ2v) is 10.00. The highest BCUT2D eigenvalue weighted by atomic mass is 16.5. The molecule has 2 aromatic heterocycles. The minimum Gasteiger partial charge on any atom is -0.379 e. The number of nitrogens with zero attached hydrogens (tertiary/aromatic N) is 3. The number of benzene rings is 1. The summed E-state index contributed by atoms with van der Waals surface area (Å²) in [4.78, 5) is 31.7. The lowest BCUT2D eigenvalue weighted by atomic mass is 9.97. The van der Waals surface area contributed by atoms with E-state index in [-0.39, 0.29) is 17.7 Å². The lowest BCUT2D eigenvalue weighted by molar-refractivity contribution is -0.713. The minimum absolute atomic E-state index is 0.0459. The Morgan fingerprint density at radius 1 is 1.13 bits per heavy atom. The molecule has 1 saturated carbocycles. The van der Waals surface area contributed by atoms with E-state index >= 15 is 0 Å². The number of aromatic amines is 1. The molecule has 3 heterocycles. The van der Waals surface area contributed by atoms with Crippen molar-refractivity contribution in [3.05, 3.63) is 72.1 Å². The van der Waals surface area contributed by atoms with Gasteiger partial charge in [0.1, 0.15) is 12.9 Å². The molecule has 1 saturated heterocycles. The molecule has 0 bridgehead atoms. The van der Waals surface area contributed by atoms with Gasteiger partial charge in [0.15, 0.2) is 0 Å². The molecule has 0 radical (unpaired) electrons. The highest BCUT2D eigenvalue weighted by molar-refractivity contribution is 5.98. The highest BCUT2D eigenvalue weighted by Gasteiger charge is 2.29. The number of H-pyrrole nitrogens is 1. The number of carbonyl (C=O) groups excluding carboxylic acids is 2. The molecule has 0 spiro atoms. The van der Waals surface area contributed by atoms with E-state index in [4.69, 9.17) is 4.74 Å². The fraction of sp³-hybridized carbons (Fsp3) is 0.379. The van der Waals surface area contributed by atoms with Gasteiger partial charge in [0.05, 0.1) is 30.9 Å². The average molecular weight is 516 g/mol. The summed E-state index contributed by atoms with van der Waals surface area (Å²) in [5, 5.41) is 9.16. The fourth-order valence-electron chi connectivity index (χ4n) is 4.50. The maximum absolute atomic E-state index is 12.9. The molecule has 2 aliphatic rings. The topological polar surface area (TPSA) is 103 Å². The first-order valence-electron chi connectivity index (χ1n) is 13.2. The van der Waals surface area contributed by atoms with Gasteiger partial charge in [0.25, 0.3) is 0 Å². The highest BCUT2D eigenvalue weighted by Crippen LogP contribution is 2.39. The van der Waals surface area contributed by atoms with Gasteiger partial charge in [-0.15, -0.1) is 0 Å². The second-order valence-electron chi connectivity index (χ2n) is 10.00. The van der Waals surface area contributed by atoms with Crippen molar-refractivity contribution in [2.75, 3.05) is 43.5 Å². The molecule has 1 unspecified atom stereocenters. The Balaban J connectivity index is 1.13. The monoisotopic (exact) mass is 515 g/mol. The van der Waals surface area contributed by atoms with Crippen LogP contribution in [0.25, 0.3) is 11.1 Å². The molecule has 9 heteroatoms. The molecule has 1 aliphatic heterocycles. The summed E-state index contributed by atoms with van der Waals surface area (Å²) in [6, 6.07) is 13.7. The Labute approximate surface area is 222 Å². The molecule has 198 valence electrons. The summed E-state index contributed by atoms with van der Waals surface area (Å²) in [5.74, 6) is 1.34. The Bertz CT molecular complexity index is 1290. The molecule has 2 fully saturated rings. The molecular weight excluding hydrogens is 480 g/mol. The minimum atomic E-state index is -0.296. The first-order valence-corrected chi connectivity index (χ1v) is 13.2. The molecule has 9 nitrogen and oxygen atoms in total. The van der Waals surface area contributed by atoms with E-state index < -0.39 is 0 Å². The Hall–Kier alpha value is -3.82. The number of aryl methyl sites for hydroxylation is 1. The number of ether oxygens (including phenoxy) is 1. The third kappa shape index (κ3) is 6.54. The van der Waals surface area contributed by atoms with Crippen molar-refractivity contribution >= 4 is 23.5 Å². The van der Waals surface area contributed by atoms with Crippen molar-refractivity contribution in [1.29, 1.82) is 0 Å². The lowest BCUT2D eigenvalue weighted by Crippen LogP contribution is -2.36. The van der Waals surface area contributed by atoms with Gasteiger partial charge in [0, 0.05) is 43.4 Å². The smallest absolute Gasteiger partial charge is 0.314 e. The van der Waals surface area contributed by atoms with Crippen molar-refractivity contribution in [3.8, 4) is 11.1 Å². The lowest BCUT2D eigenvalue weighted by Gasteiger charge is -2.24. The maximum atomic E-state index is 12.9. The SMILES string of the molecule is CC(C(=O)Nc1cc(C2CC2)[nH][n+]1C)c1ccc(-c2ccc(NC(=O)/C=C/CN3CCOCC3)nc2)cc1. The van der Waals surface area contributed by atoms with E-state index in [1.165, 1.54) is 18.5 Å². The van der Waals surface area contributed by atoms with Crippen LogP contribution in [-0.2, 0) is 21.4 Å². The van der Waals surface area contributed by atoms with Crippen LogP contribution in [0.15, 0.2) is 60.8 Å². The van der Waals surface area contributed by atoms with Gasteiger partial charge in [-0.1, -0.05) is 30.3 Å². The number of anilines is 2. The predicted octanol–water partition coefficient (Wildman–Crippen LogP) is 3.35. The zero-order valence-corrected chi connectivity index (χ0v) is 21.9. The van der Waals surface area contributed by atoms with Gasteiger partial charge in [0.2, 0.25) is 5.91 Å². The van der Waals surface area contributed by atoms with E-state index in [0.29, 0.717) is 11.7 Å². The first-order chi connectivity index (χ1) is 18.5. The van der Waals surface area contributed by atoms with Gasteiger partial charge in [-0.3, -0.25) is 9.69 Å². The van der Waals surface area contributed by atoms with E-state index in [1.54, 1.807) is 18.3 Å². The maximum Gasteiger partial charge on any atom is 0.314 e. The Morgan fingerprint density at radius 2 is 1.87 bits per heavy atom. The Kier molecular flexibility index (Phi) is 7.95. The normalized spacial score (nSPS) is 16.9. The standard InChI is InChI=1S/C29H34N6O3/c1-20(29(37)32-27-18-25(23-9-10-23)33-34(27)2)21-5-7-22(8-6-21)24-11-12-26(30-19-24)31-28(36)4-3-13-35-14-16-38-17-15-35/h3-8,11-12,18-20,23H,9-10,13-17H2,1-2H3,(H2,30,31,32,33,36,37)/p+1/b4-3+. The molecular formula is C29H35N6O3+. The third-order valence-corrected chi connectivity index (χ3v) is 7.11. The Morgan fingerprint density at radius 3 is 2.55 bits per heavy atom. The molecule has 38 heavy (non-hydrogen) atoms. The fourth-order valence-corrected chi connectivity index (χ4v) is 4.50. The summed E-state index contributed by atoms with van der Waals surface area (Å²) in [6.45, 7) is 5.88. The molecule has 1 aromatic carbocycles. The molecule has 3 aromatic rings. The molecule has 1 atom stereocenters. The van der Waals surface area contributed by atoms with Crippen molar-refractivity contribution in [2.45, 2.75) is 31.6 Å². The van der Waals surface area contributed by atoms with Crippen LogP contribution in [0.4, 0.5) is 11.6 Å². The van der Waals surface area contributed by atoms with Crippen LogP contribution < -0.4 is 15.3 Å². The average Bonchev–Trinajstić information content (AvgIpc) is 3.73. The van der Waals surface area contributed by atoms with Crippen LogP contribution >= 0.6 is 0 Å². The number of hydrogen-bond acceptors (Lipinski definition) is 5. The summed E-state index contributed by atoms with van der Waals surface area (Å²) in [5.41, 5.74) is 4.04. The summed E-state index contributed by atoms with van der Waals surface area (Å²) in [7, 11) is 1.91. The van der Waals surface area contributed by atoms with Crippen molar-refractivity contribution in [1.82, 2.24) is 15.0 Å². The molecule has 2 amide bonds. The van der Waals surface area contributed by atoms with Crippen molar-refractivity contribution in [3.63, 3.8) is 0 Å².